The SMILES string of the molecule is CCC1CCC(NS(=O)(=O)N2CCCC2)(/C(N)=N/O)CC1. The van der Waals surface area contributed by atoms with Crippen molar-refractivity contribution in [2.75, 3.05) is 13.1 Å². The molecular formula is C13H26N4O3S. The van der Waals surface area contributed by atoms with Gasteiger partial charge in [0, 0.05) is 13.1 Å². The summed E-state index contributed by atoms with van der Waals surface area (Å²) < 4.78 is 29.2. The normalized spacial score (nSPS) is 32.4. The third-order valence-electron chi connectivity index (χ3n) is 4.86. The van der Waals surface area contributed by atoms with Gasteiger partial charge in [-0.15, -0.1) is 0 Å². The van der Waals surface area contributed by atoms with Crippen molar-refractivity contribution in [1.29, 1.82) is 0 Å². The number of hydrogen-bond donors (Lipinski definition) is 3. The Morgan fingerprint density at radius 1 is 1.38 bits per heavy atom. The van der Waals surface area contributed by atoms with Gasteiger partial charge in [-0.25, -0.2) is 0 Å². The summed E-state index contributed by atoms with van der Waals surface area (Å²) in [4.78, 5) is 0. The highest BCUT2D eigenvalue weighted by Crippen LogP contribution is 2.35. The molecule has 1 aliphatic carbocycles. The number of rotatable bonds is 5. The summed E-state index contributed by atoms with van der Waals surface area (Å²) in [5, 5.41) is 12.1. The molecular weight excluding hydrogens is 292 g/mol. The van der Waals surface area contributed by atoms with Crippen LogP contribution in [-0.2, 0) is 10.2 Å². The van der Waals surface area contributed by atoms with Crippen LogP contribution < -0.4 is 10.5 Å². The molecule has 4 N–H and O–H groups in total. The van der Waals surface area contributed by atoms with Crippen molar-refractivity contribution in [3.63, 3.8) is 0 Å². The fourth-order valence-corrected chi connectivity index (χ4v) is 5.00. The van der Waals surface area contributed by atoms with Crippen LogP contribution in [0.5, 0.6) is 0 Å². The lowest BCUT2D eigenvalue weighted by Gasteiger charge is -2.40. The maximum absolute atomic E-state index is 12.5. The second-order valence-corrected chi connectivity index (χ2v) is 7.80. The Balaban J connectivity index is 2.18. The van der Waals surface area contributed by atoms with Gasteiger partial charge in [0.15, 0.2) is 5.84 Å². The Labute approximate surface area is 126 Å². The van der Waals surface area contributed by atoms with Gasteiger partial charge >= 0.3 is 0 Å². The van der Waals surface area contributed by atoms with Crippen LogP contribution in [0.25, 0.3) is 0 Å². The summed E-state index contributed by atoms with van der Waals surface area (Å²) in [5.74, 6) is 0.556. The Hall–Kier alpha value is -0.860. The Morgan fingerprint density at radius 2 is 1.95 bits per heavy atom. The molecule has 2 aliphatic rings. The zero-order valence-electron chi connectivity index (χ0n) is 12.6. The molecule has 2 rings (SSSR count). The highest BCUT2D eigenvalue weighted by atomic mass is 32.2. The second kappa shape index (κ2) is 6.50. The average molecular weight is 318 g/mol. The number of nitrogens with zero attached hydrogens (tertiary/aromatic N) is 2. The summed E-state index contributed by atoms with van der Waals surface area (Å²) in [6.45, 7) is 3.22. The summed E-state index contributed by atoms with van der Waals surface area (Å²) >= 11 is 0. The van der Waals surface area contributed by atoms with E-state index in [2.05, 4.69) is 16.8 Å². The summed E-state index contributed by atoms with van der Waals surface area (Å²) in [5.41, 5.74) is 4.89. The third-order valence-corrected chi connectivity index (χ3v) is 6.56. The fraction of sp³-hybridized carbons (Fsp3) is 0.923. The minimum atomic E-state index is -3.59. The van der Waals surface area contributed by atoms with Crippen molar-refractivity contribution in [1.82, 2.24) is 9.03 Å². The van der Waals surface area contributed by atoms with Gasteiger partial charge in [-0.05, 0) is 44.4 Å². The molecule has 0 amide bonds. The van der Waals surface area contributed by atoms with Crippen molar-refractivity contribution in [3.05, 3.63) is 0 Å². The molecule has 0 aromatic rings. The molecule has 21 heavy (non-hydrogen) atoms. The van der Waals surface area contributed by atoms with Crippen molar-refractivity contribution < 1.29 is 13.6 Å². The van der Waals surface area contributed by atoms with E-state index in [0.29, 0.717) is 31.8 Å². The zero-order valence-corrected chi connectivity index (χ0v) is 13.4. The van der Waals surface area contributed by atoms with Gasteiger partial charge in [0.1, 0.15) is 0 Å². The molecule has 0 aromatic heterocycles. The van der Waals surface area contributed by atoms with E-state index in [9.17, 15) is 8.42 Å². The maximum Gasteiger partial charge on any atom is 0.280 e. The first-order valence-electron chi connectivity index (χ1n) is 7.70. The first-order chi connectivity index (χ1) is 9.93. The number of nitrogens with one attached hydrogen (secondary N) is 1. The van der Waals surface area contributed by atoms with E-state index in [1.165, 1.54) is 4.31 Å². The highest BCUT2D eigenvalue weighted by molar-refractivity contribution is 7.87. The van der Waals surface area contributed by atoms with Gasteiger partial charge < -0.3 is 10.9 Å². The van der Waals surface area contributed by atoms with E-state index >= 15 is 0 Å². The van der Waals surface area contributed by atoms with E-state index in [-0.39, 0.29) is 5.84 Å². The Bertz CT molecular complexity index is 478. The van der Waals surface area contributed by atoms with Crippen LogP contribution in [0.4, 0.5) is 0 Å². The number of hydrogen-bond acceptors (Lipinski definition) is 4. The minimum absolute atomic E-state index is 0.0279. The number of nitrogens with two attached hydrogens (primary N) is 1. The highest BCUT2D eigenvalue weighted by Gasteiger charge is 2.43. The molecule has 7 nitrogen and oxygen atoms in total. The molecule has 2 fully saturated rings. The van der Waals surface area contributed by atoms with Gasteiger partial charge in [0.25, 0.3) is 10.2 Å². The smallest absolute Gasteiger partial charge is 0.280 e. The monoisotopic (exact) mass is 318 g/mol. The predicted octanol–water partition coefficient (Wildman–Crippen LogP) is 1.00. The molecule has 122 valence electrons. The summed E-state index contributed by atoms with van der Waals surface area (Å²) in [6.07, 6.45) is 5.77. The largest absolute Gasteiger partial charge is 0.409 e. The van der Waals surface area contributed by atoms with E-state index in [1.807, 2.05) is 0 Å². The first kappa shape index (κ1) is 16.5. The lowest BCUT2D eigenvalue weighted by Crippen LogP contribution is -2.61. The van der Waals surface area contributed by atoms with Crippen molar-refractivity contribution in [2.45, 2.75) is 57.4 Å². The van der Waals surface area contributed by atoms with Crippen LogP contribution >= 0.6 is 0 Å². The lowest BCUT2D eigenvalue weighted by molar-refractivity contribution is 0.250. The fourth-order valence-electron chi connectivity index (χ4n) is 3.32. The van der Waals surface area contributed by atoms with E-state index in [4.69, 9.17) is 10.9 Å². The minimum Gasteiger partial charge on any atom is -0.409 e. The zero-order chi connectivity index (χ0) is 15.5. The molecule has 0 aromatic carbocycles. The number of amidine groups is 1. The molecule has 1 aliphatic heterocycles. The van der Waals surface area contributed by atoms with Crippen LogP contribution in [0, 0.1) is 5.92 Å². The lowest BCUT2D eigenvalue weighted by atomic mass is 9.75. The van der Waals surface area contributed by atoms with Crippen LogP contribution in [0.15, 0.2) is 5.16 Å². The molecule has 0 atom stereocenters. The van der Waals surface area contributed by atoms with Crippen molar-refractivity contribution >= 4 is 16.0 Å². The average Bonchev–Trinajstić information content (AvgIpc) is 3.02. The quantitative estimate of drug-likeness (QED) is 0.304. The topological polar surface area (TPSA) is 108 Å². The molecule has 0 unspecified atom stereocenters. The summed E-state index contributed by atoms with van der Waals surface area (Å²) in [7, 11) is -3.59. The van der Waals surface area contributed by atoms with Crippen LogP contribution in [-0.4, -0.2) is 42.4 Å². The second-order valence-electron chi connectivity index (χ2n) is 6.13. The molecule has 1 heterocycles. The molecule has 8 heteroatoms. The van der Waals surface area contributed by atoms with Crippen LogP contribution in [0.2, 0.25) is 0 Å². The maximum atomic E-state index is 12.5. The molecule has 0 bridgehead atoms. The number of oxime groups is 1. The van der Waals surface area contributed by atoms with Crippen molar-refractivity contribution in [2.24, 2.45) is 16.8 Å². The third kappa shape index (κ3) is 3.49. The van der Waals surface area contributed by atoms with Gasteiger partial charge in [0.05, 0.1) is 5.54 Å². The van der Waals surface area contributed by atoms with Gasteiger partial charge in [-0.1, -0.05) is 18.5 Å². The Morgan fingerprint density at radius 3 is 2.43 bits per heavy atom. The molecule has 0 spiro atoms. The van der Waals surface area contributed by atoms with Gasteiger partial charge in [0.2, 0.25) is 0 Å². The van der Waals surface area contributed by atoms with Crippen LogP contribution in [0.1, 0.15) is 51.9 Å². The standard InChI is InChI=1S/C13H26N4O3S/c1-2-11-5-7-13(8-6-11,12(14)15-18)16-21(19,20)17-9-3-4-10-17/h11,16,18H,2-10H2,1H3,(H2,14,15). The van der Waals surface area contributed by atoms with Crippen molar-refractivity contribution in [3.8, 4) is 0 Å². The van der Waals surface area contributed by atoms with Crippen LogP contribution in [0.3, 0.4) is 0 Å². The molecule has 0 radical (unpaired) electrons. The predicted molar refractivity (Wildman–Crippen MR) is 81.3 cm³/mol. The molecule has 1 saturated heterocycles. The first-order valence-corrected chi connectivity index (χ1v) is 9.14. The summed E-state index contributed by atoms with van der Waals surface area (Å²) in [6, 6.07) is 0. The molecule has 1 saturated carbocycles. The Kier molecular flexibility index (Phi) is 5.11. The van der Waals surface area contributed by atoms with Gasteiger partial charge in [-0.2, -0.15) is 17.4 Å². The van der Waals surface area contributed by atoms with E-state index < -0.39 is 15.7 Å². The van der Waals surface area contributed by atoms with Gasteiger partial charge in [-0.3, -0.25) is 0 Å². The van der Waals surface area contributed by atoms with E-state index in [0.717, 1.165) is 32.1 Å². The van der Waals surface area contributed by atoms with E-state index in [1.54, 1.807) is 0 Å².